The highest BCUT2D eigenvalue weighted by Crippen LogP contribution is 2.19. The highest BCUT2D eigenvalue weighted by molar-refractivity contribution is 5.94. The van der Waals surface area contributed by atoms with Gasteiger partial charge in [0.1, 0.15) is 0 Å². The van der Waals surface area contributed by atoms with Crippen LogP contribution in [0.1, 0.15) is 56.1 Å². The number of hydrogen-bond donors (Lipinski definition) is 3. The van der Waals surface area contributed by atoms with E-state index >= 15 is 0 Å². The highest BCUT2D eigenvalue weighted by atomic mass is 16.2. The lowest BCUT2D eigenvalue weighted by Gasteiger charge is -2.12. The summed E-state index contributed by atoms with van der Waals surface area (Å²) >= 11 is 0. The minimum absolute atomic E-state index is 0.0923. The van der Waals surface area contributed by atoms with Crippen molar-refractivity contribution < 1.29 is 9.59 Å². The molecule has 0 saturated carbocycles. The fraction of sp³-hybridized carbons (Fsp3) is 0.364. The topological polar surface area (TPSA) is 101 Å². The van der Waals surface area contributed by atoms with E-state index in [0.29, 0.717) is 17.8 Å². The predicted octanol–water partition coefficient (Wildman–Crippen LogP) is 3.86. The number of carbonyl (C=O) groups is 2. The van der Waals surface area contributed by atoms with E-state index in [1.165, 1.54) is 0 Å². The van der Waals surface area contributed by atoms with E-state index in [1.54, 1.807) is 24.5 Å². The first-order valence-corrected chi connectivity index (χ1v) is 10.1. The number of amides is 3. The molecule has 30 heavy (non-hydrogen) atoms. The highest BCUT2D eigenvalue weighted by Gasteiger charge is 2.10. The molecular formula is C22H28N6O2. The molecule has 0 aliphatic carbocycles. The van der Waals surface area contributed by atoms with Gasteiger partial charge in [-0.15, -0.1) is 0 Å². The van der Waals surface area contributed by atoms with Crippen LogP contribution in [0.15, 0.2) is 42.7 Å². The van der Waals surface area contributed by atoms with Gasteiger partial charge in [0.15, 0.2) is 5.65 Å². The van der Waals surface area contributed by atoms with E-state index in [1.807, 2.05) is 50.6 Å². The van der Waals surface area contributed by atoms with E-state index in [0.717, 1.165) is 23.0 Å². The van der Waals surface area contributed by atoms with Crippen LogP contribution in [-0.4, -0.2) is 32.7 Å². The van der Waals surface area contributed by atoms with Crippen LogP contribution >= 0.6 is 0 Å². The minimum atomic E-state index is -0.328. The van der Waals surface area contributed by atoms with E-state index < -0.39 is 0 Å². The Morgan fingerprint density at radius 1 is 1.10 bits per heavy atom. The molecule has 3 aromatic rings. The Labute approximate surface area is 176 Å². The number of nitrogens with zero attached hydrogens (tertiary/aromatic N) is 3. The van der Waals surface area contributed by atoms with Crippen molar-refractivity contribution in [3.8, 4) is 0 Å². The SMILES string of the molecule is CC[C@H](C)NC(=O)c1ccc(CNC(=O)Nc2cnc3c(cnn3C(C)C)c2)cc1. The molecule has 0 saturated heterocycles. The zero-order valence-electron chi connectivity index (χ0n) is 17.8. The molecule has 1 aromatic carbocycles. The van der Waals surface area contributed by atoms with Gasteiger partial charge in [0.25, 0.3) is 5.91 Å². The maximum atomic E-state index is 12.2. The predicted molar refractivity (Wildman–Crippen MR) is 117 cm³/mol. The average Bonchev–Trinajstić information content (AvgIpc) is 3.16. The van der Waals surface area contributed by atoms with Crippen molar-refractivity contribution in [2.75, 3.05) is 5.32 Å². The van der Waals surface area contributed by atoms with Crippen LogP contribution in [0, 0.1) is 0 Å². The number of aromatic nitrogens is 3. The first-order chi connectivity index (χ1) is 14.4. The molecule has 3 N–H and O–H groups in total. The maximum Gasteiger partial charge on any atom is 0.319 e. The number of nitrogens with one attached hydrogen (secondary N) is 3. The molecule has 158 valence electrons. The van der Waals surface area contributed by atoms with Gasteiger partial charge >= 0.3 is 6.03 Å². The minimum Gasteiger partial charge on any atom is -0.350 e. The van der Waals surface area contributed by atoms with Gasteiger partial charge in [-0.1, -0.05) is 19.1 Å². The summed E-state index contributed by atoms with van der Waals surface area (Å²) in [6, 6.07) is 9.05. The second kappa shape index (κ2) is 9.39. The number of benzene rings is 1. The molecule has 3 amide bonds. The lowest BCUT2D eigenvalue weighted by Crippen LogP contribution is -2.32. The second-order valence-corrected chi connectivity index (χ2v) is 7.61. The summed E-state index contributed by atoms with van der Waals surface area (Å²) in [7, 11) is 0. The van der Waals surface area contributed by atoms with E-state index in [2.05, 4.69) is 26.0 Å². The monoisotopic (exact) mass is 408 g/mol. The van der Waals surface area contributed by atoms with Gasteiger partial charge in [-0.3, -0.25) is 4.79 Å². The fourth-order valence-electron chi connectivity index (χ4n) is 2.93. The summed E-state index contributed by atoms with van der Waals surface area (Å²) in [4.78, 5) is 28.8. The van der Waals surface area contributed by atoms with Crippen LogP contribution in [0.25, 0.3) is 11.0 Å². The smallest absolute Gasteiger partial charge is 0.319 e. The van der Waals surface area contributed by atoms with Crippen LogP contribution in [0.2, 0.25) is 0 Å². The summed E-state index contributed by atoms with van der Waals surface area (Å²) in [6.45, 7) is 8.42. The third-order valence-corrected chi connectivity index (χ3v) is 4.84. The molecule has 8 heteroatoms. The molecule has 0 aliphatic heterocycles. The van der Waals surface area contributed by atoms with Crippen LogP contribution in [0.4, 0.5) is 10.5 Å². The van der Waals surface area contributed by atoms with Gasteiger partial charge in [0.05, 0.1) is 18.1 Å². The van der Waals surface area contributed by atoms with Crippen LogP contribution in [0.3, 0.4) is 0 Å². The average molecular weight is 409 g/mol. The molecule has 2 heterocycles. The van der Waals surface area contributed by atoms with E-state index in [9.17, 15) is 9.59 Å². The first kappa shape index (κ1) is 21.3. The van der Waals surface area contributed by atoms with Crippen LogP contribution < -0.4 is 16.0 Å². The Kier molecular flexibility index (Phi) is 6.66. The largest absolute Gasteiger partial charge is 0.350 e. The standard InChI is InChI=1S/C22H28N6O2/c1-5-15(4)26-21(29)17-8-6-16(7-9-17)11-24-22(30)27-19-10-18-12-25-28(14(2)3)20(18)23-13-19/h6-10,12-15H,5,11H2,1-4H3,(H,26,29)(H2,24,27,30)/t15-/m0/s1. The van der Waals surface area contributed by atoms with E-state index in [-0.39, 0.29) is 24.0 Å². The first-order valence-electron chi connectivity index (χ1n) is 10.1. The molecule has 2 aromatic heterocycles. The Balaban J connectivity index is 1.54. The molecule has 0 radical (unpaired) electrons. The van der Waals surface area contributed by atoms with Crippen LogP contribution in [-0.2, 0) is 6.54 Å². The number of anilines is 1. The molecule has 0 unspecified atom stereocenters. The zero-order chi connectivity index (χ0) is 21.7. The Hall–Kier alpha value is -3.42. The normalized spacial score (nSPS) is 12.0. The molecule has 8 nitrogen and oxygen atoms in total. The van der Waals surface area contributed by atoms with Gasteiger partial charge in [-0.05, 0) is 51.0 Å². The fourth-order valence-corrected chi connectivity index (χ4v) is 2.93. The lowest BCUT2D eigenvalue weighted by atomic mass is 10.1. The summed E-state index contributed by atoms with van der Waals surface area (Å²) in [6.07, 6.45) is 4.24. The van der Waals surface area contributed by atoms with Gasteiger partial charge in [-0.2, -0.15) is 5.10 Å². The molecule has 3 rings (SSSR count). The zero-order valence-corrected chi connectivity index (χ0v) is 17.8. The second-order valence-electron chi connectivity index (χ2n) is 7.61. The van der Waals surface area contributed by atoms with Crippen molar-refractivity contribution in [2.24, 2.45) is 0 Å². The van der Waals surface area contributed by atoms with Gasteiger partial charge in [0.2, 0.25) is 0 Å². The summed E-state index contributed by atoms with van der Waals surface area (Å²) < 4.78 is 1.84. The van der Waals surface area contributed by atoms with Crippen molar-refractivity contribution >= 4 is 28.7 Å². The molecule has 1 atom stereocenters. The molecule has 0 spiro atoms. The summed E-state index contributed by atoms with van der Waals surface area (Å²) in [5.74, 6) is -0.0923. The third-order valence-electron chi connectivity index (χ3n) is 4.84. The van der Waals surface area contributed by atoms with Crippen molar-refractivity contribution in [1.29, 1.82) is 0 Å². The van der Waals surface area contributed by atoms with Crippen LogP contribution in [0.5, 0.6) is 0 Å². The van der Waals surface area contributed by atoms with Gasteiger partial charge in [-0.25, -0.2) is 14.5 Å². The van der Waals surface area contributed by atoms with Crippen molar-refractivity contribution in [1.82, 2.24) is 25.4 Å². The van der Waals surface area contributed by atoms with Gasteiger partial charge in [0, 0.05) is 29.6 Å². The molecule has 0 bridgehead atoms. The van der Waals surface area contributed by atoms with Crippen molar-refractivity contribution in [3.05, 3.63) is 53.9 Å². The maximum absolute atomic E-state index is 12.2. The Morgan fingerprint density at radius 2 is 1.83 bits per heavy atom. The number of hydrogen-bond acceptors (Lipinski definition) is 4. The van der Waals surface area contributed by atoms with Crippen molar-refractivity contribution in [3.63, 3.8) is 0 Å². The molecular weight excluding hydrogens is 380 g/mol. The number of fused-ring (bicyclic) bond motifs is 1. The van der Waals surface area contributed by atoms with Gasteiger partial charge < -0.3 is 16.0 Å². The third kappa shape index (κ3) is 5.14. The number of urea groups is 1. The Bertz CT molecular complexity index is 1030. The molecule has 0 aliphatic rings. The lowest BCUT2D eigenvalue weighted by molar-refractivity contribution is 0.0939. The molecule has 0 fully saturated rings. The Morgan fingerprint density at radius 3 is 2.50 bits per heavy atom. The number of carbonyl (C=O) groups excluding carboxylic acids is 2. The summed E-state index contributed by atoms with van der Waals surface area (Å²) in [5.41, 5.74) is 2.88. The summed E-state index contributed by atoms with van der Waals surface area (Å²) in [5, 5.41) is 13.7. The quantitative estimate of drug-likeness (QED) is 0.552. The number of pyridine rings is 1. The number of rotatable bonds is 7. The van der Waals surface area contributed by atoms with Crippen molar-refractivity contribution in [2.45, 2.75) is 52.7 Å². The van der Waals surface area contributed by atoms with E-state index in [4.69, 9.17) is 0 Å².